The molecule has 0 bridgehead atoms. The Kier molecular flexibility index (Phi) is 6.42. The number of amides is 1. The SMILES string of the molecule is CCOC(=O)c1sc(N(Cc2ccccc2)C(=O)c2cccc(-n3cccn3)c2)nc1C. The zero-order chi connectivity index (χ0) is 22.5. The summed E-state index contributed by atoms with van der Waals surface area (Å²) in [5.74, 6) is -0.645. The average Bonchev–Trinajstić information content (AvgIpc) is 3.48. The van der Waals surface area contributed by atoms with Gasteiger partial charge in [0.15, 0.2) is 5.13 Å². The number of carbonyl (C=O) groups is 2. The Hall–Kier alpha value is -3.78. The van der Waals surface area contributed by atoms with Crippen LogP contribution in [-0.2, 0) is 11.3 Å². The predicted molar refractivity (Wildman–Crippen MR) is 123 cm³/mol. The van der Waals surface area contributed by atoms with E-state index in [0.717, 1.165) is 22.6 Å². The smallest absolute Gasteiger partial charge is 0.350 e. The summed E-state index contributed by atoms with van der Waals surface area (Å²) in [5, 5.41) is 4.69. The third-order valence-corrected chi connectivity index (χ3v) is 5.93. The largest absolute Gasteiger partial charge is 0.462 e. The molecule has 4 rings (SSSR count). The molecule has 4 aromatic rings. The molecule has 8 heteroatoms. The average molecular weight is 447 g/mol. The van der Waals surface area contributed by atoms with E-state index in [1.54, 1.807) is 41.8 Å². The first-order valence-corrected chi connectivity index (χ1v) is 11.0. The van der Waals surface area contributed by atoms with Crippen LogP contribution >= 0.6 is 11.3 Å². The van der Waals surface area contributed by atoms with Gasteiger partial charge in [0.1, 0.15) is 4.88 Å². The number of hydrogen-bond acceptors (Lipinski definition) is 6. The van der Waals surface area contributed by atoms with Crippen LogP contribution in [0.4, 0.5) is 5.13 Å². The highest BCUT2D eigenvalue weighted by Gasteiger charge is 2.25. The number of nitrogens with zero attached hydrogens (tertiary/aromatic N) is 4. The zero-order valence-corrected chi connectivity index (χ0v) is 18.6. The minimum absolute atomic E-state index is 0.216. The summed E-state index contributed by atoms with van der Waals surface area (Å²) in [5.41, 5.74) is 2.77. The summed E-state index contributed by atoms with van der Waals surface area (Å²) in [6.45, 7) is 4.10. The molecule has 0 N–H and O–H groups in total. The molecule has 0 atom stereocenters. The van der Waals surface area contributed by atoms with Crippen molar-refractivity contribution in [2.24, 2.45) is 0 Å². The fourth-order valence-corrected chi connectivity index (χ4v) is 4.19. The summed E-state index contributed by atoms with van der Waals surface area (Å²) in [6, 6.07) is 18.8. The van der Waals surface area contributed by atoms with Crippen molar-refractivity contribution in [2.75, 3.05) is 11.5 Å². The molecule has 0 fully saturated rings. The van der Waals surface area contributed by atoms with Crippen LogP contribution in [0, 0.1) is 6.92 Å². The van der Waals surface area contributed by atoms with E-state index in [1.807, 2.05) is 54.7 Å². The standard InChI is InChI=1S/C24H22N4O3S/c1-3-31-23(30)21-17(2)26-24(32-21)27(16-18-9-5-4-6-10-18)22(29)19-11-7-12-20(15-19)28-14-8-13-25-28/h4-15H,3,16H2,1-2H3. The van der Waals surface area contributed by atoms with Crippen molar-refractivity contribution in [1.29, 1.82) is 0 Å². The fraction of sp³-hybridized carbons (Fsp3) is 0.167. The first-order valence-electron chi connectivity index (χ1n) is 10.2. The minimum Gasteiger partial charge on any atom is -0.462 e. The molecule has 2 aromatic heterocycles. The molecule has 0 aliphatic heterocycles. The van der Waals surface area contributed by atoms with Crippen molar-refractivity contribution < 1.29 is 14.3 Å². The Morgan fingerprint density at radius 2 is 1.91 bits per heavy atom. The van der Waals surface area contributed by atoms with E-state index in [0.29, 0.717) is 27.8 Å². The van der Waals surface area contributed by atoms with Crippen LogP contribution in [0.5, 0.6) is 0 Å². The van der Waals surface area contributed by atoms with E-state index >= 15 is 0 Å². The second-order valence-electron chi connectivity index (χ2n) is 7.01. The molecule has 0 radical (unpaired) electrons. The Morgan fingerprint density at radius 1 is 1.09 bits per heavy atom. The fourth-order valence-electron chi connectivity index (χ4n) is 3.23. The van der Waals surface area contributed by atoms with Crippen molar-refractivity contribution in [3.8, 4) is 5.69 Å². The molecule has 7 nitrogen and oxygen atoms in total. The minimum atomic E-state index is -0.429. The number of hydrogen-bond donors (Lipinski definition) is 0. The van der Waals surface area contributed by atoms with Crippen LogP contribution in [0.15, 0.2) is 73.1 Å². The number of ether oxygens (including phenoxy) is 1. The van der Waals surface area contributed by atoms with Gasteiger partial charge in [-0.1, -0.05) is 47.7 Å². The molecule has 0 aliphatic carbocycles. The number of anilines is 1. The van der Waals surface area contributed by atoms with Gasteiger partial charge >= 0.3 is 5.97 Å². The van der Waals surface area contributed by atoms with Crippen LogP contribution in [0.25, 0.3) is 5.69 Å². The maximum atomic E-state index is 13.6. The predicted octanol–water partition coefficient (Wildman–Crippen LogP) is 4.66. The van der Waals surface area contributed by atoms with Gasteiger partial charge in [-0.15, -0.1) is 0 Å². The number of benzene rings is 2. The summed E-state index contributed by atoms with van der Waals surface area (Å²) >= 11 is 1.16. The van der Waals surface area contributed by atoms with Crippen LogP contribution in [0.2, 0.25) is 0 Å². The lowest BCUT2D eigenvalue weighted by atomic mass is 10.1. The maximum absolute atomic E-state index is 13.6. The van der Waals surface area contributed by atoms with Crippen molar-refractivity contribution in [3.63, 3.8) is 0 Å². The second-order valence-corrected chi connectivity index (χ2v) is 7.99. The van der Waals surface area contributed by atoms with E-state index in [-0.39, 0.29) is 12.5 Å². The molecule has 0 unspecified atom stereocenters. The normalized spacial score (nSPS) is 10.7. The van der Waals surface area contributed by atoms with Gasteiger partial charge < -0.3 is 4.74 Å². The van der Waals surface area contributed by atoms with E-state index in [2.05, 4.69) is 10.1 Å². The van der Waals surface area contributed by atoms with E-state index < -0.39 is 5.97 Å². The molecule has 2 aromatic carbocycles. The number of rotatable bonds is 7. The molecule has 32 heavy (non-hydrogen) atoms. The molecule has 1 amide bonds. The Bertz CT molecular complexity index is 1220. The third kappa shape index (κ3) is 4.60. The molecule has 162 valence electrons. The Morgan fingerprint density at radius 3 is 2.62 bits per heavy atom. The highest BCUT2D eigenvalue weighted by Crippen LogP contribution is 2.29. The van der Waals surface area contributed by atoms with Crippen LogP contribution in [0.1, 0.15) is 38.2 Å². The zero-order valence-electron chi connectivity index (χ0n) is 17.8. The Balaban J connectivity index is 1.72. The summed E-state index contributed by atoms with van der Waals surface area (Å²) in [4.78, 5) is 32.5. The lowest BCUT2D eigenvalue weighted by Gasteiger charge is -2.20. The van der Waals surface area contributed by atoms with E-state index in [9.17, 15) is 9.59 Å². The third-order valence-electron chi connectivity index (χ3n) is 4.77. The first kappa shape index (κ1) is 21.5. The molecule has 0 saturated heterocycles. The molecule has 2 heterocycles. The van der Waals surface area contributed by atoms with Gasteiger partial charge in [-0.25, -0.2) is 14.5 Å². The second kappa shape index (κ2) is 9.57. The number of aryl methyl sites for hydroxylation is 1. The highest BCUT2D eigenvalue weighted by atomic mass is 32.1. The van der Waals surface area contributed by atoms with Gasteiger partial charge in [-0.05, 0) is 43.7 Å². The topological polar surface area (TPSA) is 77.3 Å². The summed E-state index contributed by atoms with van der Waals surface area (Å²) in [7, 11) is 0. The lowest BCUT2D eigenvalue weighted by molar-refractivity contribution is 0.0531. The molecule has 0 saturated carbocycles. The summed E-state index contributed by atoms with van der Waals surface area (Å²) in [6.07, 6.45) is 3.51. The van der Waals surface area contributed by atoms with Gasteiger partial charge in [0, 0.05) is 18.0 Å². The first-order chi connectivity index (χ1) is 15.6. The molecular formula is C24H22N4O3S. The Labute approximate surface area is 189 Å². The van der Waals surface area contributed by atoms with Gasteiger partial charge in [0.05, 0.1) is 24.5 Å². The van der Waals surface area contributed by atoms with Gasteiger partial charge in [-0.2, -0.15) is 5.10 Å². The van der Waals surface area contributed by atoms with Crippen molar-refractivity contribution >= 4 is 28.3 Å². The van der Waals surface area contributed by atoms with Crippen LogP contribution < -0.4 is 4.90 Å². The van der Waals surface area contributed by atoms with E-state index in [4.69, 9.17) is 4.74 Å². The van der Waals surface area contributed by atoms with Crippen molar-refractivity contribution in [2.45, 2.75) is 20.4 Å². The van der Waals surface area contributed by atoms with Gasteiger partial charge in [0.2, 0.25) is 0 Å². The van der Waals surface area contributed by atoms with Crippen molar-refractivity contribution in [1.82, 2.24) is 14.8 Å². The maximum Gasteiger partial charge on any atom is 0.350 e. The lowest BCUT2D eigenvalue weighted by Crippen LogP contribution is -2.30. The molecule has 0 spiro atoms. The van der Waals surface area contributed by atoms with Crippen LogP contribution in [0.3, 0.4) is 0 Å². The quantitative estimate of drug-likeness (QED) is 0.386. The van der Waals surface area contributed by atoms with Gasteiger partial charge in [0.25, 0.3) is 5.91 Å². The number of carbonyl (C=O) groups excluding carboxylic acids is 2. The number of aromatic nitrogens is 3. The van der Waals surface area contributed by atoms with Gasteiger partial charge in [-0.3, -0.25) is 9.69 Å². The highest BCUT2D eigenvalue weighted by molar-refractivity contribution is 7.17. The van der Waals surface area contributed by atoms with Crippen LogP contribution in [-0.4, -0.2) is 33.2 Å². The molecular weight excluding hydrogens is 424 g/mol. The monoisotopic (exact) mass is 446 g/mol. The number of thiazole rings is 1. The van der Waals surface area contributed by atoms with Crippen molar-refractivity contribution in [3.05, 3.63) is 94.8 Å². The molecule has 0 aliphatic rings. The summed E-state index contributed by atoms with van der Waals surface area (Å²) < 4.78 is 6.84. The van der Waals surface area contributed by atoms with E-state index in [1.165, 1.54) is 0 Å². The number of esters is 1.